The maximum Gasteiger partial charge on any atom is 0.0180 e. The Morgan fingerprint density at radius 2 is 1.62 bits per heavy atom. The number of nitrogens with zero attached hydrogens (tertiary/aromatic N) is 1. The number of likely N-dealkylation sites (tertiary alicyclic amines) is 1. The molecule has 1 aliphatic heterocycles. The van der Waals surface area contributed by atoms with E-state index < -0.39 is 0 Å². The van der Waals surface area contributed by atoms with Crippen LogP contribution in [0.15, 0.2) is 0 Å². The summed E-state index contributed by atoms with van der Waals surface area (Å²) in [7, 11) is 0. The topological polar surface area (TPSA) is 29.3 Å². The van der Waals surface area contributed by atoms with Gasteiger partial charge < -0.3 is 5.73 Å². The van der Waals surface area contributed by atoms with Crippen LogP contribution >= 0.6 is 24.8 Å². The third-order valence-electron chi connectivity index (χ3n) is 3.10. The molecule has 1 aliphatic carbocycles. The fourth-order valence-electron chi connectivity index (χ4n) is 2.42. The van der Waals surface area contributed by atoms with Crippen LogP contribution in [-0.2, 0) is 0 Å². The van der Waals surface area contributed by atoms with Crippen LogP contribution in [0.2, 0.25) is 0 Å². The lowest BCUT2D eigenvalue weighted by Gasteiger charge is -2.22. The molecule has 1 heterocycles. The van der Waals surface area contributed by atoms with Gasteiger partial charge in [-0.25, -0.2) is 0 Å². The molecule has 2 fully saturated rings. The minimum absolute atomic E-state index is 0. The average molecular weight is 227 g/mol. The summed E-state index contributed by atoms with van der Waals surface area (Å²) in [6, 6.07) is 1.36. The summed E-state index contributed by atoms with van der Waals surface area (Å²) in [6.07, 6.45) is 6.95. The van der Waals surface area contributed by atoms with Crippen LogP contribution in [0.25, 0.3) is 0 Å². The van der Waals surface area contributed by atoms with Gasteiger partial charge in [0.25, 0.3) is 0 Å². The lowest BCUT2D eigenvalue weighted by atomic mass is 10.2. The molecule has 4 heteroatoms. The van der Waals surface area contributed by atoms with Crippen molar-refractivity contribution >= 4 is 24.8 Å². The molecule has 2 nitrogen and oxygen atoms in total. The minimum atomic E-state index is 0. The van der Waals surface area contributed by atoms with E-state index in [4.69, 9.17) is 5.73 Å². The molecule has 0 aromatic rings. The Bertz CT molecular complexity index is 138. The van der Waals surface area contributed by atoms with Gasteiger partial charge in [0.1, 0.15) is 0 Å². The zero-order valence-corrected chi connectivity index (χ0v) is 9.58. The van der Waals surface area contributed by atoms with Crippen molar-refractivity contribution < 1.29 is 0 Å². The molecule has 0 amide bonds. The van der Waals surface area contributed by atoms with E-state index in [1.807, 2.05) is 0 Å². The average Bonchev–Trinajstić information content (AvgIpc) is 2.55. The molecule has 2 aliphatic rings. The van der Waals surface area contributed by atoms with Crippen LogP contribution < -0.4 is 5.73 Å². The molecule has 13 heavy (non-hydrogen) atoms. The quantitative estimate of drug-likeness (QED) is 0.740. The first-order valence-corrected chi connectivity index (χ1v) is 4.86. The normalized spacial score (nSPS) is 29.8. The SMILES string of the molecule is Cl.Cl.N[C@H]1CCN(C2CCCC2)C1. The van der Waals surface area contributed by atoms with Gasteiger partial charge in [-0.1, -0.05) is 12.8 Å². The minimum Gasteiger partial charge on any atom is -0.326 e. The first kappa shape index (κ1) is 13.5. The zero-order chi connectivity index (χ0) is 7.68. The Labute approximate surface area is 93.1 Å². The molecule has 0 unspecified atom stereocenters. The smallest absolute Gasteiger partial charge is 0.0180 e. The lowest BCUT2D eigenvalue weighted by Crippen LogP contribution is -2.33. The number of nitrogens with two attached hydrogens (primary N) is 1. The summed E-state index contributed by atoms with van der Waals surface area (Å²) in [5.41, 5.74) is 5.85. The number of rotatable bonds is 1. The van der Waals surface area contributed by atoms with Crippen LogP contribution in [0.5, 0.6) is 0 Å². The van der Waals surface area contributed by atoms with E-state index in [9.17, 15) is 0 Å². The molecule has 0 aromatic carbocycles. The van der Waals surface area contributed by atoms with Gasteiger partial charge in [0.15, 0.2) is 0 Å². The lowest BCUT2D eigenvalue weighted by molar-refractivity contribution is 0.243. The molecule has 2 rings (SSSR count). The third kappa shape index (κ3) is 3.28. The molecule has 2 N–H and O–H groups in total. The van der Waals surface area contributed by atoms with E-state index in [1.165, 1.54) is 38.6 Å². The first-order valence-electron chi connectivity index (χ1n) is 4.86. The molecule has 0 aromatic heterocycles. The Hall–Kier alpha value is 0.500. The van der Waals surface area contributed by atoms with Gasteiger partial charge in [-0.15, -0.1) is 24.8 Å². The molecule has 80 valence electrons. The van der Waals surface area contributed by atoms with Crippen molar-refractivity contribution in [3.8, 4) is 0 Å². The van der Waals surface area contributed by atoms with Crippen molar-refractivity contribution in [1.82, 2.24) is 4.90 Å². The largest absolute Gasteiger partial charge is 0.326 e. The van der Waals surface area contributed by atoms with E-state index in [0.29, 0.717) is 6.04 Å². The third-order valence-corrected chi connectivity index (χ3v) is 3.10. The predicted octanol–water partition coefficient (Wildman–Crippen LogP) is 1.81. The van der Waals surface area contributed by atoms with Crippen molar-refractivity contribution in [1.29, 1.82) is 0 Å². The van der Waals surface area contributed by atoms with Gasteiger partial charge in [-0.2, -0.15) is 0 Å². The highest BCUT2D eigenvalue weighted by atomic mass is 35.5. The second-order valence-electron chi connectivity index (χ2n) is 3.98. The second kappa shape index (κ2) is 6.07. The zero-order valence-electron chi connectivity index (χ0n) is 7.95. The van der Waals surface area contributed by atoms with Crippen LogP contribution in [0.3, 0.4) is 0 Å². The molecule has 0 spiro atoms. The van der Waals surface area contributed by atoms with Crippen LogP contribution in [-0.4, -0.2) is 30.1 Å². The number of halogens is 2. The van der Waals surface area contributed by atoms with Gasteiger partial charge in [0, 0.05) is 25.2 Å². The maximum atomic E-state index is 5.85. The molecule has 1 atom stereocenters. The Morgan fingerprint density at radius 3 is 2.08 bits per heavy atom. The van der Waals surface area contributed by atoms with Gasteiger partial charge in [0.05, 0.1) is 0 Å². The van der Waals surface area contributed by atoms with E-state index in [-0.39, 0.29) is 24.8 Å². The highest BCUT2D eigenvalue weighted by Gasteiger charge is 2.27. The van der Waals surface area contributed by atoms with Crippen molar-refractivity contribution in [3.63, 3.8) is 0 Å². The Balaban J connectivity index is 0.000000720. The summed E-state index contributed by atoms with van der Waals surface area (Å²) in [4.78, 5) is 2.59. The summed E-state index contributed by atoms with van der Waals surface area (Å²) in [5.74, 6) is 0. The summed E-state index contributed by atoms with van der Waals surface area (Å²) < 4.78 is 0. The van der Waals surface area contributed by atoms with Gasteiger partial charge in [-0.3, -0.25) is 4.90 Å². The number of hydrogen-bond acceptors (Lipinski definition) is 2. The monoisotopic (exact) mass is 226 g/mol. The van der Waals surface area contributed by atoms with E-state index >= 15 is 0 Å². The van der Waals surface area contributed by atoms with Crippen LogP contribution in [0.4, 0.5) is 0 Å². The Kier molecular flexibility index (Phi) is 6.31. The predicted molar refractivity (Wildman–Crippen MR) is 60.9 cm³/mol. The van der Waals surface area contributed by atoms with Crippen molar-refractivity contribution in [3.05, 3.63) is 0 Å². The summed E-state index contributed by atoms with van der Waals surface area (Å²) in [6.45, 7) is 2.41. The van der Waals surface area contributed by atoms with Crippen molar-refractivity contribution in [2.24, 2.45) is 5.73 Å². The van der Waals surface area contributed by atoms with Crippen molar-refractivity contribution in [2.45, 2.75) is 44.2 Å². The van der Waals surface area contributed by atoms with E-state index in [0.717, 1.165) is 12.6 Å². The van der Waals surface area contributed by atoms with Gasteiger partial charge in [-0.05, 0) is 19.3 Å². The van der Waals surface area contributed by atoms with Gasteiger partial charge in [0.2, 0.25) is 0 Å². The molecular weight excluding hydrogens is 207 g/mol. The highest BCUT2D eigenvalue weighted by molar-refractivity contribution is 5.85. The van der Waals surface area contributed by atoms with E-state index in [1.54, 1.807) is 0 Å². The molecule has 1 saturated carbocycles. The fourth-order valence-corrected chi connectivity index (χ4v) is 2.42. The van der Waals surface area contributed by atoms with Crippen LogP contribution in [0.1, 0.15) is 32.1 Å². The second-order valence-corrected chi connectivity index (χ2v) is 3.98. The number of hydrogen-bond donors (Lipinski definition) is 1. The summed E-state index contributed by atoms with van der Waals surface area (Å²) >= 11 is 0. The Morgan fingerprint density at radius 1 is 1.00 bits per heavy atom. The van der Waals surface area contributed by atoms with Crippen LogP contribution in [0, 0.1) is 0 Å². The van der Waals surface area contributed by atoms with Crippen molar-refractivity contribution in [2.75, 3.05) is 13.1 Å². The van der Waals surface area contributed by atoms with Gasteiger partial charge >= 0.3 is 0 Å². The first-order chi connectivity index (χ1) is 5.36. The molecule has 1 saturated heterocycles. The fraction of sp³-hybridized carbons (Fsp3) is 1.00. The van der Waals surface area contributed by atoms with E-state index in [2.05, 4.69) is 4.90 Å². The molecule has 0 radical (unpaired) electrons. The standard InChI is InChI=1S/C9H18N2.2ClH/c10-8-5-6-11(7-8)9-3-1-2-4-9;;/h8-9H,1-7,10H2;2*1H/t8-;;/m0../s1. The molecule has 0 bridgehead atoms. The summed E-state index contributed by atoms with van der Waals surface area (Å²) in [5, 5.41) is 0. The maximum absolute atomic E-state index is 5.85. The highest BCUT2D eigenvalue weighted by Crippen LogP contribution is 2.25. The molecular formula is C9H20Cl2N2.